The van der Waals surface area contributed by atoms with Crippen LogP contribution >= 0.6 is 0 Å². The van der Waals surface area contributed by atoms with Gasteiger partial charge in [-0.2, -0.15) is 0 Å². The Bertz CT molecular complexity index is 887. The highest BCUT2D eigenvalue weighted by Gasteiger charge is 2.40. The number of amides is 1. The number of methoxy groups -OCH3 is 1. The van der Waals surface area contributed by atoms with Crippen molar-refractivity contribution in [3.8, 4) is 16.9 Å². The maximum absolute atomic E-state index is 13.8. The third kappa shape index (κ3) is 5.08. The van der Waals surface area contributed by atoms with Gasteiger partial charge in [-0.3, -0.25) is 4.79 Å². The van der Waals surface area contributed by atoms with Crippen molar-refractivity contribution in [3.05, 3.63) is 53.8 Å². The summed E-state index contributed by atoms with van der Waals surface area (Å²) in [6.45, 7) is 2.53. The highest BCUT2D eigenvalue weighted by atomic mass is 19.1. The summed E-state index contributed by atoms with van der Waals surface area (Å²) < 4.78 is 30.3. The second-order valence-electron chi connectivity index (χ2n) is 8.46. The molecule has 6 heteroatoms. The number of hydrogen-bond donors (Lipinski definition) is 1. The van der Waals surface area contributed by atoms with E-state index in [0.717, 1.165) is 30.6 Å². The molecule has 2 aliphatic rings. The minimum atomic E-state index is -0.477. The fraction of sp³-hybridized carbons (Fsp3) is 0.480. The maximum atomic E-state index is 13.8. The Hall–Kier alpha value is -2.44. The Morgan fingerprint density at radius 1 is 1.16 bits per heavy atom. The molecule has 1 amide bonds. The van der Waals surface area contributed by atoms with Crippen LogP contribution in [0.15, 0.2) is 42.5 Å². The van der Waals surface area contributed by atoms with Crippen LogP contribution in [-0.4, -0.2) is 45.5 Å². The van der Waals surface area contributed by atoms with Gasteiger partial charge in [0.2, 0.25) is 5.91 Å². The van der Waals surface area contributed by atoms with Crippen LogP contribution in [-0.2, 0) is 20.7 Å². The van der Waals surface area contributed by atoms with Gasteiger partial charge in [0.05, 0.1) is 18.6 Å². The van der Waals surface area contributed by atoms with Crippen molar-refractivity contribution in [2.45, 2.75) is 38.2 Å². The van der Waals surface area contributed by atoms with E-state index in [-0.39, 0.29) is 17.8 Å². The van der Waals surface area contributed by atoms with Gasteiger partial charge in [0, 0.05) is 31.9 Å². The van der Waals surface area contributed by atoms with E-state index in [2.05, 4.69) is 5.32 Å². The van der Waals surface area contributed by atoms with Gasteiger partial charge in [-0.1, -0.05) is 24.3 Å². The molecule has 0 aromatic heterocycles. The standard InChI is InChI=1S/C25H30FNO4/c1-29-23-9-8-20(26)15-22(23)19-6-4-18(5-7-19)16-25(10-13-30-14-11-25)24(28)27-17-21-3-2-12-31-21/h4-9,15,21H,2-3,10-14,16-17H2,1H3,(H,27,28)/t21-/m1/s1. The predicted octanol–water partition coefficient (Wildman–Crippen LogP) is 4.14. The summed E-state index contributed by atoms with van der Waals surface area (Å²) in [5, 5.41) is 3.14. The lowest BCUT2D eigenvalue weighted by Gasteiger charge is -2.36. The number of carbonyl (C=O) groups excluding carboxylic acids is 1. The Morgan fingerprint density at radius 2 is 1.94 bits per heavy atom. The van der Waals surface area contributed by atoms with E-state index < -0.39 is 5.41 Å². The lowest BCUT2D eigenvalue weighted by Crippen LogP contribution is -2.47. The van der Waals surface area contributed by atoms with Crippen molar-refractivity contribution in [2.24, 2.45) is 5.41 Å². The zero-order chi connectivity index (χ0) is 21.7. The smallest absolute Gasteiger partial charge is 0.226 e. The van der Waals surface area contributed by atoms with Gasteiger partial charge in [-0.05, 0) is 61.4 Å². The van der Waals surface area contributed by atoms with Crippen molar-refractivity contribution in [1.82, 2.24) is 5.32 Å². The molecule has 1 atom stereocenters. The van der Waals surface area contributed by atoms with Crippen molar-refractivity contribution in [3.63, 3.8) is 0 Å². The molecule has 0 saturated carbocycles. The average molecular weight is 428 g/mol. The van der Waals surface area contributed by atoms with Crippen LogP contribution in [0.4, 0.5) is 4.39 Å². The summed E-state index contributed by atoms with van der Waals surface area (Å²) in [5.41, 5.74) is 2.19. The molecule has 0 spiro atoms. The van der Waals surface area contributed by atoms with E-state index in [1.165, 1.54) is 12.1 Å². The van der Waals surface area contributed by atoms with Gasteiger partial charge in [0.25, 0.3) is 0 Å². The third-order valence-electron chi connectivity index (χ3n) is 6.41. The zero-order valence-electron chi connectivity index (χ0n) is 18.0. The van der Waals surface area contributed by atoms with Crippen LogP contribution in [0.1, 0.15) is 31.2 Å². The molecule has 2 aromatic carbocycles. The van der Waals surface area contributed by atoms with E-state index in [1.807, 2.05) is 24.3 Å². The predicted molar refractivity (Wildman–Crippen MR) is 117 cm³/mol. The number of halogens is 1. The number of ether oxygens (including phenoxy) is 3. The molecule has 2 aromatic rings. The molecular weight excluding hydrogens is 397 g/mol. The van der Waals surface area contributed by atoms with Crippen LogP contribution in [0.5, 0.6) is 5.75 Å². The molecule has 4 rings (SSSR count). The molecule has 1 N–H and O–H groups in total. The number of nitrogens with one attached hydrogen (secondary N) is 1. The molecule has 2 heterocycles. The average Bonchev–Trinajstić information content (AvgIpc) is 3.32. The molecule has 31 heavy (non-hydrogen) atoms. The van der Waals surface area contributed by atoms with E-state index in [0.29, 0.717) is 50.3 Å². The fourth-order valence-corrected chi connectivity index (χ4v) is 4.54. The van der Waals surface area contributed by atoms with Gasteiger partial charge < -0.3 is 19.5 Å². The SMILES string of the molecule is COc1ccc(F)cc1-c1ccc(CC2(C(=O)NC[C@H]3CCCO3)CCOCC2)cc1. The molecule has 166 valence electrons. The van der Waals surface area contributed by atoms with Gasteiger partial charge >= 0.3 is 0 Å². The first-order chi connectivity index (χ1) is 15.1. The summed E-state index contributed by atoms with van der Waals surface area (Å²) >= 11 is 0. The van der Waals surface area contributed by atoms with Crippen LogP contribution in [0.2, 0.25) is 0 Å². The second-order valence-corrected chi connectivity index (χ2v) is 8.46. The number of carbonyl (C=O) groups is 1. The minimum Gasteiger partial charge on any atom is -0.496 e. The monoisotopic (exact) mass is 427 g/mol. The van der Waals surface area contributed by atoms with Crippen molar-refractivity contribution in [2.75, 3.05) is 33.5 Å². The molecule has 0 bridgehead atoms. The fourth-order valence-electron chi connectivity index (χ4n) is 4.54. The van der Waals surface area contributed by atoms with Crippen molar-refractivity contribution < 1.29 is 23.4 Å². The Balaban J connectivity index is 1.49. The largest absolute Gasteiger partial charge is 0.496 e. The molecule has 2 saturated heterocycles. The van der Waals surface area contributed by atoms with Gasteiger partial charge in [0.1, 0.15) is 11.6 Å². The summed E-state index contributed by atoms with van der Waals surface area (Å²) in [7, 11) is 1.58. The van der Waals surface area contributed by atoms with Gasteiger partial charge in [-0.15, -0.1) is 0 Å². The lowest BCUT2D eigenvalue weighted by atomic mass is 9.74. The first-order valence-electron chi connectivity index (χ1n) is 11.0. The Kier molecular flexibility index (Phi) is 6.88. The Morgan fingerprint density at radius 3 is 2.61 bits per heavy atom. The maximum Gasteiger partial charge on any atom is 0.226 e. The summed E-state index contributed by atoms with van der Waals surface area (Å²) in [4.78, 5) is 13.2. The van der Waals surface area contributed by atoms with E-state index in [9.17, 15) is 9.18 Å². The molecule has 0 aliphatic carbocycles. The highest BCUT2D eigenvalue weighted by molar-refractivity contribution is 5.83. The van der Waals surface area contributed by atoms with Crippen LogP contribution in [0, 0.1) is 11.2 Å². The molecule has 0 radical (unpaired) electrons. The molecular formula is C25H30FNO4. The topological polar surface area (TPSA) is 56.8 Å². The van der Waals surface area contributed by atoms with Crippen LogP contribution in [0.3, 0.4) is 0 Å². The highest BCUT2D eigenvalue weighted by Crippen LogP contribution is 2.36. The van der Waals surface area contributed by atoms with Gasteiger partial charge in [-0.25, -0.2) is 4.39 Å². The lowest BCUT2D eigenvalue weighted by molar-refractivity contribution is -0.137. The van der Waals surface area contributed by atoms with Gasteiger partial charge in [0.15, 0.2) is 0 Å². The molecule has 2 aliphatic heterocycles. The number of hydrogen-bond acceptors (Lipinski definition) is 4. The summed E-state index contributed by atoms with van der Waals surface area (Å²) in [6, 6.07) is 12.5. The van der Waals surface area contributed by atoms with Crippen LogP contribution < -0.4 is 10.1 Å². The molecule has 0 unspecified atom stereocenters. The second kappa shape index (κ2) is 9.79. The van der Waals surface area contributed by atoms with E-state index in [1.54, 1.807) is 13.2 Å². The van der Waals surface area contributed by atoms with Crippen LogP contribution in [0.25, 0.3) is 11.1 Å². The van der Waals surface area contributed by atoms with Crippen molar-refractivity contribution in [1.29, 1.82) is 0 Å². The minimum absolute atomic E-state index is 0.0853. The summed E-state index contributed by atoms with van der Waals surface area (Å²) in [5.74, 6) is 0.412. The Labute approximate surface area is 182 Å². The normalized spacial score (nSPS) is 20.4. The molecule has 2 fully saturated rings. The first kappa shape index (κ1) is 21.8. The van der Waals surface area contributed by atoms with E-state index in [4.69, 9.17) is 14.2 Å². The number of rotatable bonds is 7. The third-order valence-corrected chi connectivity index (χ3v) is 6.41. The van der Waals surface area contributed by atoms with E-state index >= 15 is 0 Å². The first-order valence-corrected chi connectivity index (χ1v) is 11.0. The zero-order valence-corrected chi connectivity index (χ0v) is 18.0. The number of benzene rings is 2. The summed E-state index contributed by atoms with van der Waals surface area (Å²) in [6.07, 6.45) is 4.23. The molecule has 5 nitrogen and oxygen atoms in total. The quantitative estimate of drug-likeness (QED) is 0.722. The van der Waals surface area contributed by atoms with Crippen molar-refractivity contribution >= 4 is 5.91 Å².